The first-order valence-corrected chi connectivity index (χ1v) is 13.0. The van der Waals surface area contributed by atoms with Gasteiger partial charge in [-0.1, -0.05) is 36.0 Å². The number of hydrogen-bond donors (Lipinski definition) is 0. The first-order valence-electron chi connectivity index (χ1n) is 10.6. The molecule has 1 aromatic heterocycles. The van der Waals surface area contributed by atoms with Gasteiger partial charge in [-0.3, -0.25) is 4.79 Å². The van der Waals surface area contributed by atoms with Gasteiger partial charge in [-0.25, -0.2) is 8.42 Å². The van der Waals surface area contributed by atoms with Crippen LogP contribution >= 0.6 is 11.8 Å². The van der Waals surface area contributed by atoms with Crippen LogP contribution in [0.5, 0.6) is 0 Å². The van der Waals surface area contributed by atoms with E-state index in [1.807, 2.05) is 51.1 Å². The van der Waals surface area contributed by atoms with Crippen LogP contribution in [0.15, 0.2) is 52.5 Å². The van der Waals surface area contributed by atoms with E-state index >= 15 is 0 Å². The van der Waals surface area contributed by atoms with Crippen LogP contribution in [0.2, 0.25) is 0 Å². The van der Waals surface area contributed by atoms with Gasteiger partial charge in [0, 0.05) is 26.2 Å². The van der Waals surface area contributed by atoms with Gasteiger partial charge in [0.05, 0.1) is 16.3 Å². The number of piperazine rings is 1. The first-order chi connectivity index (χ1) is 15.8. The number of benzene rings is 2. The fourth-order valence-electron chi connectivity index (χ4n) is 3.64. The molecule has 1 amide bonds. The number of aromatic nitrogens is 4. The molecule has 0 radical (unpaired) electrons. The summed E-state index contributed by atoms with van der Waals surface area (Å²) in [7, 11) is -3.58. The number of sulfonamides is 1. The summed E-state index contributed by atoms with van der Waals surface area (Å²) >= 11 is 1.27. The minimum Gasteiger partial charge on any atom is -0.339 e. The Hall–Kier alpha value is -2.76. The molecule has 0 N–H and O–H groups in total. The zero-order valence-electron chi connectivity index (χ0n) is 18.8. The van der Waals surface area contributed by atoms with Gasteiger partial charge < -0.3 is 4.90 Å². The van der Waals surface area contributed by atoms with E-state index in [1.54, 1.807) is 21.7 Å². The number of para-hydroxylation sites is 1. The second-order valence-corrected chi connectivity index (χ2v) is 10.9. The van der Waals surface area contributed by atoms with Gasteiger partial charge in [0.15, 0.2) is 0 Å². The van der Waals surface area contributed by atoms with Gasteiger partial charge in [0.25, 0.3) is 0 Å². The van der Waals surface area contributed by atoms with Crippen molar-refractivity contribution in [2.75, 3.05) is 31.9 Å². The number of rotatable bonds is 6. The van der Waals surface area contributed by atoms with E-state index in [2.05, 4.69) is 15.5 Å². The highest BCUT2D eigenvalue weighted by atomic mass is 32.2. The molecule has 1 aliphatic heterocycles. The summed E-state index contributed by atoms with van der Waals surface area (Å²) in [4.78, 5) is 14.8. The molecule has 2 heterocycles. The topological polar surface area (TPSA) is 101 Å². The predicted octanol–water partition coefficient (Wildman–Crippen LogP) is 2.21. The number of nitrogens with zero attached hydrogens (tertiary/aromatic N) is 6. The Balaban J connectivity index is 1.36. The molecule has 0 aliphatic carbocycles. The minimum atomic E-state index is -3.58. The van der Waals surface area contributed by atoms with E-state index in [9.17, 15) is 13.2 Å². The molecular formula is C22H26N6O3S2. The number of tetrazole rings is 1. The molecule has 1 fully saturated rings. The van der Waals surface area contributed by atoms with Gasteiger partial charge in [0.1, 0.15) is 0 Å². The Morgan fingerprint density at radius 2 is 1.70 bits per heavy atom. The van der Waals surface area contributed by atoms with Crippen LogP contribution < -0.4 is 0 Å². The molecule has 1 saturated heterocycles. The van der Waals surface area contributed by atoms with Crippen molar-refractivity contribution in [3.8, 4) is 5.69 Å². The van der Waals surface area contributed by atoms with Gasteiger partial charge in [-0.15, -0.1) is 5.10 Å². The van der Waals surface area contributed by atoms with E-state index < -0.39 is 10.0 Å². The highest BCUT2D eigenvalue weighted by molar-refractivity contribution is 7.99. The van der Waals surface area contributed by atoms with Crippen LogP contribution in [-0.4, -0.2) is 75.7 Å². The Kier molecular flexibility index (Phi) is 6.82. The molecule has 0 unspecified atom stereocenters. The first kappa shape index (κ1) is 23.4. The number of carbonyl (C=O) groups is 1. The molecule has 1 aliphatic rings. The van der Waals surface area contributed by atoms with Crippen LogP contribution in [0.4, 0.5) is 0 Å². The average Bonchev–Trinajstić information content (AvgIpc) is 3.28. The zero-order chi connectivity index (χ0) is 23.6. The summed E-state index contributed by atoms with van der Waals surface area (Å²) in [5, 5.41) is 12.4. The highest BCUT2D eigenvalue weighted by Gasteiger charge is 2.30. The Morgan fingerprint density at radius 3 is 2.39 bits per heavy atom. The summed E-state index contributed by atoms with van der Waals surface area (Å²) in [6.07, 6.45) is 0. The lowest BCUT2D eigenvalue weighted by Crippen LogP contribution is -2.51. The predicted molar refractivity (Wildman–Crippen MR) is 126 cm³/mol. The molecule has 2 aromatic carbocycles. The van der Waals surface area contributed by atoms with E-state index in [-0.39, 0.29) is 24.7 Å². The van der Waals surface area contributed by atoms with Crippen LogP contribution in [0.1, 0.15) is 16.7 Å². The van der Waals surface area contributed by atoms with Crippen LogP contribution in [0.25, 0.3) is 5.69 Å². The Bertz CT molecular complexity index is 1270. The molecule has 174 valence electrons. The maximum atomic E-state index is 13.0. The lowest BCUT2D eigenvalue weighted by atomic mass is 10.1. The minimum absolute atomic E-state index is 0.0671. The molecule has 0 atom stereocenters. The van der Waals surface area contributed by atoms with Gasteiger partial charge in [0.2, 0.25) is 21.1 Å². The third-order valence-corrected chi connectivity index (χ3v) is 8.62. The third-order valence-electron chi connectivity index (χ3n) is 5.82. The van der Waals surface area contributed by atoms with Crippen LogP contribution in [0.3, 0.4) is 0 Å². The van der Waals surface area contributed by atoms with E-state index in [4.69, 9.17) is 0 Å². The fourth-order valence-corrected chi connectivity index (χ4v) is 5.93. The molecule has 0 saturated carbocycles. The fraction of sp³-hybridized carbons (Fsp3) is 0.364. The van der Waals surface area contributed by atoms with Gasteiger partial charge in [-0.2, -0.15) is 8.99 Å². The standard InChI is InChI=1S/C22H26N6O3S2/c1-16-8-9-19(14-18(16)3)33(30,31)27-12-10-26(11-13-27)21(29)15-32-22-23-24-25-28(22)20-7-5-4-6-17(20)2/h4-9,14H,10-13,15H2,1-3H3. The summed E-state index contributed by atoms with van der Waals surface area (Å²) in [5.41, 5.74) is 3.88. The normalized spacial score (nSPS) is 15.1. The lowest BCUT2D eigenvalue weighted by molar-refractivity contribution is -0.129. The van der Waals surface area contributed by atoms with Crippen molar-refractivity contribution >= 4 is 27.7 Å². The summed E-state index contributed by atoms with van der Waals surface area (Å²) in [5.74, 6) is 0.110. The zero-order valence-corrected chi connectivity index (χ0v) is 20.4. The summed E-state index contributed by atoms with van der Waals surface area (Å²) in [6, 6.07) is 12.9. The quantitative estimate of drug-likeness (QED) is 0.492. The Morgan fingerprint density at radius 1 is 0.970 bits per heavy atom. The third kappa shape index (κ3) is 4.94. The molecular weight excluding hydrogens is 460 g/mol. The van der Waals surface area contributed by atoms with Crippen molar-refractivity contribution in [2.45, 2.75) is 30.8 Å². The van der Waals surface area contributed by atoms with Crippen LogP contribution in [-0.2, 0) is 14.8 Å². The summed E-state index contributed by atoms with van der Waals surface area (Å²) in [6.45, 7) is 7.07. The summed E-state index contributed by atoms with van der Waals surface area (Å²) < 4.78 is 29.1. The number of aryl methyl sites for hydroxylation is 3. The smallest absolute Gasteiger partial charge is 0.243 e. The SMILES string of the molecule is Cc1ccc(S(=O)(=O)N2CCN(C(=O)CSc3nnnn3-c3ccccc3C)CC2)cc1C. The molecule has 33 heavy (non-hydrogen) atoms. The highest BCUT2D eigenvalue weighted by Crippen LogP contribution is 2.23. The van der Waals surface area contributed by atoms with E-state index in [1.165, 1.54) is 16.1 Å². The second-order valence-electron chi connectivity index (χ2n) is 7.98. The van der Waals surface area contributed by atoms with Crippen LogP contribution in [0, 0.1) is 20.8 Å². The molecule has 9 nitrogen and oxygen atoms in total. The molecule has 0 bridgehead atoms. The van der Waals surface area contributed by atoms with Gasteiger partial charge in [-0.05, 0) is 66.1 Å². The molecule has 0 spiro atoms. The van der Waals surface area contributed by atoms with Gasteiger partial charge >= 0.3 is 0 Å². The number of thioether (sulfide) groups is 1. The van der Waals surface area contributed by atoms with Crippen molar-refractivity contribution in [2.24, 2.45) is 0 Å². The number of hydrogen-bond acceptors (Lipinski definition) is 7. The molecule has 3 aromatic rings. The average molecular weight is 487 g/mol. The van der Waals surface area contributed by atoms with Crippen molar-refractivity contribution < 1.29 is 13.2 Å². The molecule has 4 rings (SSSR count). The molecule has 11 heteroatoms. The van der Waals surface area contributed by atoms with Crippen molar-refractivity contribution in [1.29, 1.82) is 0 Å². The number of amides is 1. The van der Waals surface area contributed by atoms with Crippen molar-refractivity contribution in [3.05, 3.63) is 59.2 Å². The maximum Gasteiger partial charge on any atom is 0.243 e. The maximum absolute atomic E-state index is 13.0. The Labute approximate surface area is 197 Å². The second kappa shape index (κ2) is 9.62. The lowest BCUT2D eigenvalue weighted by Gasteiger charge is -2.34. The van der Waals surface area contributed by atoms with Crippen molar-refractivity contribution in [1.82, 2.24) is 29.4 Å². The van der Waals surface area contributed by atoms with E-state index in [0.717, 1.165) is 22.4 Å². The van der Waals surface area contributed by atoms with E-state index in [0.29, 0.717) is 23.1 Å². The monoisotopic (exact) mass is 486 g/mol. The van der Waals surface area contributed by atoms with Crippen molar-refractivity contribution in [3.63, 3.8) is 0 Å². The number of carbonyl (C=O) groups excluding carboxylic acids is 1. The largest absolute Gasteiger partial charge is 0.339 e.